The number of piperazine rings is 1. The van der Waals surface area contributed by atoms with Gasteiger partial charge in [0.2, 0.25) is 10.0 Å². The molecule has 3 aliphatic rings. The molecule has 2 aliphatic heterocycles. The van der Waals surface area contributed by atoms with E-state index in [1.807, 2.05) is 0 Å². The van der Waals surface area contributed by atoms with E-state index in [2.05, 4.69) is 5.32 Å². The van der Waals surface area contributed by atoms with Gasteiger partial charge in [-0.25, -0.2) is 13.2 Å². The monoisotopic (exact) mass is 452 g/mol. The Morgan fingerprint density at radius 3 is 2.19 bits per heavy atom. The van der Waals surface area contributed by atoms with Crippen LogP contribution < -0.4 is 5.32 Å². The number of hydrogen-bond acceptors (Lipinski definition) is 5. The zero-order chi connectivity index (χ0) is 22.0. The van der Waals surface area contributed by atoms with Gasteiger partial charge in [-0.05, 0) is 32.6 Å². The lowest BCUT2D eigenvalue weighted by Gasteiger charge is -2.35. The quantitative estimate of drug-likeness (QED) is 0.754. The lowest BCUT2D eigenvalue weighted by atomic mass is 9.96. The molecule has 9 nitrogen and oxygen atoms in total. The van der Waals surface area contributed by atoms with Crippen LogP contribution in [0.4, 0.5) is 4.79 Å². The van der Waals surface area contributed by atoms with Crippen LogP contribution in [0.3, 0.4) is 0 Å². The predicted octanol–water partition coefficient (Wildman–Crippen LogP) is 2.17. The Labute approximate surface area is 183 Å². The van der Waals surface area contributed by atoms with Gasteiger partial charge in [-0.15, -0.1) is 0 Å². The summed E-state index contributed by atoms with van der Waals surface area (Å²) in [6.07, 6.45) is 7.31. The second-order valence-corrected chi connectivity index (χ2v) is 10.6. The zero-order valence-corrected chi connectivity index (χ0v) is 19.0. The SMILES string of the molecule is Cc1oc(C(=O)N2CCN(C(=O)NC3CCCCC3)CC2)cc1S(=O)(=O)N1CCCC1. The molecular weight excluding hydrogens is 420 g/mol. The van der Waals surface area contributed by atoms with Crippen LogP contribution in [0.1, 0.15) is 61.3 Å². The minimum Gasteiger partial charge on any atom is -0.455 e. The molecule has 0 aromatic carbocycles. The Bertz CT molecular complexity index is 908. The van der Waals surface area contributed by atoms with E-state index in [0.717, 1.165) is 38.5 Å². The van der Waals surface area contributed by atoms with Crippen LogP contribution in [0, 0.1) is 6.92 Å². The second-order valence-electron chi connectivity index (χ2n) is 8.71. The van der Waals surface area contributed by atoms with E-state index in [4.69, 9.17) is 4.42 Å². The van der Waals surface area contributed by atoms with Crippen LogP contribution in [-0.2, 0) is 10.0 Å². The van der Waals surface area contributed by atoms with Crippen molar-refractivity contribution < 1.29 is 22.4 Å². The number of amides is 3. The van der Waals surface area contributed by atoms with E-state index in [0.29, 0.717) is 39.3 Å². The summed E-state index contributed by atoms with van der Waals surface area (Å²) in [5.74, 6) is -0.0607. The lowest BCUT2D eigenvalue weighted by Crippen LogP contribution is -2.54. The van der Waals surface area contributed by atoms with Crippen LogP contribution in [0.25, 0.3) is 0 Å². The summed E-state index contributed by atoms with van der Waals surface area (Å²) in [5, 5.41) is 3.11. The maximum atomic E-state index is 12.9. The Kier molecular flexibility index (Phi) is 6.57. The summed E-state index contributed by atoms with van der Waals surface area (Å²) in [4.78, 5) is 28.9. The third kappa shape index (κ3) is 4.74. The predicted molar refractivity (Wildman–Crippen MR) is 114 cm³/mol. The number of carbonyl (C=O) groups excluding carboxylic acids is 2. The van der Waals surface area contributed by atoms with Gasteiger partial charge in [0, 0.05) is 51.4 Å². The largest absolute Gasteiger partial charge is 0.455 e. The molecule has 3 fully saturated rings. The Balaban J connectivity index is 1.35. The first-order chi connectivity index (χ1) is 14.9. The molecular formula is C21H32N4O5S. The molecule has 3 heterocycles. The first-order valence-electron chi connectivity index (χ1n) is 11.3. The van der Waals surface area contributed by atoms with Crippen molar-refractivity contribution in [2.75, 3.05) is 39.3 Å². The fraction of sp³-hybridized carbons (Fsp3) is 0.714. The number of hydrogen-bond donors (Lipinski definition) is 1. The van der Waals surface area contributed by atoms with E-state index in [-0.39, 0.29) is 34.4 Å². The minimum atomic E-state index is -3.64. The Morgan fingerprint density at radius 1 is 0.935 bits per heavy atom. The first-order valence-corrected chi connectivity index (χ1v) is 12.8. The van der Waals surface area contributed by atoms with Gasteiger partial charge < -0.3 is 19.5 Å². The van der Waals surface area contributed by atoms with Crippen molar-refractivity contribution in [1.29, 1.82) is 0 Å². The third-order valence-corrected chi connectivity index (χ3v) is 8.56. The number of nitrogens with zero attached hydrogens (tertiary/aromatic N) is 3. The third-order valence-electron chi connectivity index (χ3n) is 6.55. The topological polar surface area (TPSA) is 103 Å². The molecule has 1 aromatic heterocycles. The summed E-state index contributed by atoms with van der Waals surface area (Å²) in [7, 11) is -3.64. The highest BCUT2D eigenvalue weighted by atomic mass is 32.2. The summed E-state index contributed by atoms with van der Waals surface area (Å²) < 4.78 is 32.7. The maximum Gasteiger partial charge on any atom is 0.317 e. The molecule has 4 rings (SSSR count). The molecule has 1 aromatic rings. The van der Waals surface area contributed by atoms with E-state index in [9.17, 15) is 18.0 Å². The number of sulfonamides is 1. The highest BCUT2D eigenvalue weighted by Crippen LogP contribution is 2.27. The van der Waals surface area contributed by atoms with Gasteiger partial charge in [0.05, 0.1) is 0 Å². The highest BCUT2D eigenvalue weighted by molar-refractivity contribution is 7.89. The molecule has 10 heteroatoms. The molecule has 31 heavy (non-hydrogen) atoms. The molecule has 2 saturated heterocycles. The number of rotatable bonds is 4. The van der Waals surface area contributed by atoms with E-state index < -0.39 is 10.0 Å². The first kappa shape index (κ1) is 22.1. The standard InChI is InChI=1S/C21H32N4O5S/c1-16-19(31(28,29)25-9-5-6-10-25)15-18(30-16)20(26)23-11-13-24(14-12-23)21(27)22-17-7-3-2-4-8-17/h15,17H,2-14H2,1H3,(H,22,27). The smallest absolute Gasteiger partial charge is 0.317 e. The van der Waals surface area contributed by atoms with Gasteiger partial charge in [0.1, 0.15) is 10.7 Å². The van der Waals surface area contributed by atoms with Crippen LogP contribution >= 0.6 is 0 Å². The van der Waals surface area contributed by atoms with E-state index in [1.54, 1.807) is 16.7 Å². The molecule has 172 valence electrons. The van der Waals surface area contributed by atoms with Gasteiger partial charge in [-0.1, -0.05) is 19.3 Å². The number of urea groups is 1. The van der Waals surface area contributed by atoms with E-state index >= 15 is 0 Å². The number of aryl methyl sites for hydroxylation is 1. The fourth-order valence-electron chi connectivity index (χ4n) is 4.68. The Morgan fingerprint density at radius 2 is 1.55 bits per heavy atom. The molecule has 0 unspecified atom stereocenters. The van der Waals surface area contributed by atoms with E-state index in [1.165, 1.54) is 16.8 Å². The summed E-state index contributed by atoms with van der Waals surface area (Å²) in [6.45, 7) is 4.26. The van der Waals surface area contributed by atoms with Crippen molar-refractivity contribution in [2.24, 2.45) is 0 Å². The van der Waals surface area contributed by atoms with Gasteiger partial charge in [-0.2, -0.15) is 4.31 Å². The number of nitrogens with one attached hydrogen (secondary N) is 1. The van der Waals surface area contributed by atoms with Gasteiger partial charge in [-0.3, -0.25) is 4.79 Å². The number of furan rings is 1. The van der Waals surface area contributed by atoms with Gasteiger partial charge >= 0.3 is 6.03 Å². The Hall–Kier alpha value is -2.07. The fourth-order valence-corrected chi connectivity index (χ4v) is 6.35. The molecule has 1 N–H and O–H groups in total. The second kappa shape index (κ2) is 9.20. The summed E-state index contributed by atoms with van der Waals surface area (Å²) in [5.41, 5.74) is 0. The maximum absolute atomic E-state index is 12.9. The van der Waals surface area contributed by atoms with Crippen LogP contribution in [-0.4, -0.2) is 79.8 Å². The minimum absolute atomic E-state index is 0.0374. The van der Waals surface area contributed by atoms with Crippen molar-refractivity contribution in [3.63, 3.8) is 0 Å². The molecule has 0 spiro atoms. The van der Waals surface area contributed by atoms with Crippen LogP contribution in [0.5, 0.6) is 0 Å². The molecule has 0 atom stereocenters. The van der Waals surface area contributed by atoms with Crippen LogP contribution in [0.2, 0.25) is 0 Å². The van der Waals surface area contributed by atoms with Crippen molar-refractivity contribution >= 4 is 22.0 Å². The highest BCUT2D eigenvalue weighted by Gasteiger charge is 2.33. The zero-order valence-electron chi connectivity index (χ0n) is 18.1. The molecule has 0 bridgehead atoms. The number of carbonyl (C=O) groups is 2. The van der Waals surface area contributed by atoms with Crippen molar-refractivity contribution in [3.05, 3.63) is 17.6 Å². The van der Waals surface area contributed by atoms with Crippen molar-refractivity contribution in [2.45, 2.75) is 62.8 Å². The molecule has 3 amide bonds. The van der Waals surface area contributed by atoms with Gasteiger partial charge in [0.25, 0.3) is 5.91 Å². The summed E-state index contributed by atoms with van der Waals surface area (Å²) >= 11 is 0. The van der Waals surface area contributed by atoms with Gasteiger partial charge in [0.15, 0.2) is 5.76 Å². The summed E-state index contributed by atoms with van der Waals surface area (Å²) in [6, 6.07) is 1.54. The average Bonchev–Trinajstić information content (AvgIpc) is 3.45. The normalized spacial score (nSPS) is 21.5. The molecule has 1 saturated carbocycles. The molecule has 0 radical (unpaired) electrons. The van der Waals surface area contributed by atoms with Crippen molar-refractivity contribution in [3.8, 4) is 0 Å². The van der Waals surface area contributed by atoms with Crippen molar-refractivity contribution in [1.82, 2.24) is 19.4 Å². The average molecular weight is 453 g/mol. The lowest BCUT2D eigenvalue weighted by molar-refractivity contribution is 0.0630. The molecule has 1 aliphatic carbocycles. The van der Waals surface area contributed by atoms with Crippen LogP contribution in [0.15, 0.2) is 15.4 Å².